The molecule has 1 aliphatic rings. The topological polar surface area (TPSA) is 28.2 Å². The lowest BCUT2D eigenvalue weighted by atomic mass is 9.85. The van der Waals surface area contributed by atoms with Gasteiger partial charge in [0.25, 0.3) is 0 Å². The van der Waals surface area contributed by atoms with Crippen LogP contribution in [0.25, 0.3) is 0 Å². The molecule has 112 valence electrons. The van der Waals surface area contributed by atoms with E-state index in [0.717, 1.165) is 30.5 Å². The van der Waals surface area contributed by atoms with Crippen molar-refractivity contribution in [2.45, 2.75) is 59.0 Å². The molecule has 0 aliphatic heterocycles. The molecule has 1 fully saturated rings. The van der Waals surface area contributed by atoms with E-state index < -0.39 is 0 Å². The maximum atomic E-state index is 4.69. The van der Waals surface area contributed by atoms with Crippen LogP contribution in [0, 0.1) is 12.8 Å². The molecule has 1 heterocycles. The predicted octanol–water partition coefficient (Wildman–Crippen LogP) is 3.51. The summed E-state index contributed by atoms with van der Waals surface area (Å²) in [6.07, 6.45) is 4.17. The number of rotatable bonds is 5. The monoisotopic (exact) mass is 275 g/mol. The van der Waals surface area contributed by atoms with Crippen molar-refractivity contribution >= 4 is 5.82 Å². The minimum absolute atomic E-state index is 0.148. The van der Waals surface area contributed by atoms with Crippen molar-refractivity contribution in [3.8, 4) is 0 Å². The molecule has 0 spiro atoms. The Balaban J connectivity index is 2.03. The van der Waals surface area contributed by atoms with Crippen molar-refractivity contribution in [3.63, 3.8) is 0 Å². The molecule has 1 aliphatic carbocycles. The van der Waals surface area contributed by atoms with Crippen molar-refractivity contribution in [2.24, 2.45) is 5.92 Å². The van der Waals surface area contributed by atoms with Gasteiger partial charge < -0.3 is 10.2 Å². The summed E-state index contributed by atoms with van der Waals surface area (Å²) < 4.78 is 0. The number of aryl methyl sites for hydroxylation is 1. The first-order valence-corrected chi connectivity index (χ1v) is 7.77. The first-order chi connectivity index (χ1) is 9.33. The van der Waals surface area contributed by atoms with Crippen LogP contribution in [0.4, 0.5) is 5.82 Å². The molecule has 1 N–H and O–H groups in total. The van der Waals surface area contributed by atoms with Gasteiger partial charge in [0.15, 0.2) is 0 Å². The van der Waals surface area contributed by atoms with Crippen LogP contribution in [0.3, 0.4) is 0 Å². The summed E-state index contributed by atoms with van der Waals surface area (Å²) in [6.45, 7) is 10.7. The van der Waals surface area contributed by atoms with Crippen molar-refractivity contribution in [1.82, 2.24) is 10.3 Å². The van der Waals surface area contributed by atoms with E-state index in [4.69, 9.17) is 0 Å². The molecule has 0 unspecified atom stereocenters. The van der Waals surface area contributed by atoms with E-state index in [1.54, 1.807) is 0 Å². The summed E-state index contributed by atoms with van der Waals surface area (Å²) in [4.78, 5) is 7.00. The molecule has 0 radical (unpaired) electrons. The highest BCUT2D eigenvalue weighted by atomic mass is 15.2. The summed E-state index contributed by atoms with van der Waals surface area (Å²) in [5.74, 6) is 1.99. The van der Waals surface area contributed by atoms with Crippen LogP contribution in [0.1, 0.15) is 51.3 Å². The molecule has 1 aromatic rings. The van der Waals surface area contributed by atoms with Crippen LogP contribution in [-0.4, -0.2) is 24.1 Å². The largest absolute Gasteiger partial charge is 0.359 e. The predicted molar refractivity (Wildman–Crippen MR) is 86.2 cm³/mol. The number of aromatic nitrogens is 1. The Kier molecular flexibility index (Phi) is 4.69. The van der Waals surface area contributed by atoms with Crippen molar-refractivity contribution in [2.75, 3.05) is 18.5 Å². The zero-order valence-electron chi connectivity index (χ0n) is 13.7. The van der Waals surface area contributed by atoms with Crippen LogP contribution in [0.15, 0.2) is 12.1 Å². The molecular formula is C17H29N3. The highest BCUT2D eigenvalue weighted by Gasteiger charge is 2.20. The summed E-state index contributed by atoms with van der Waals surface area (Å²) in [7, 11) is 2.17. The molecule has 0 saturated heterocycles. The maximum Gasteiger partial charge on any atom is 0.128 e. The van der Waals surface area contributed by atoms with Gasteiger partial charge in [0.05, 0.1) is 0 Å². The zero-order valence-corrected chi connectivity index (χ0v) is 13.7. The van der Waals surface area contributed by atoms with E-state index in [2.05, 4.69) is 62.1 Å². The molecule has 0 aromatic carbocycles. The minimum atomic E-state index is 0.148. The van der Waals surface area contributed by atoms with Crippen LogP contribution in [0.2, 0.25) is 0 Å². The van der Waals surface area contributed by atoms with E-state index in [1.807, 2.05) is 0 Å². The molecular weight excluding hydrogens is 246 g/mol. The van der Waals surface area contributed by atoms with Crippen LogP contribution in [-0.2, 0) is 6.54 Å². The smallest absolute Gasteiger partial charge is 0.128 e. The lowest BCUT2D eigenvalue weighted by Gasteiger charge is -2.31. The fourth-order valence-corrected chi connectivity index (χ4v) is 2.54. The van der Waals surface area contributed by atoms with Gasteiger partial charge in [0.2, 0.25) is 0 Å². The van der Waals surface area contributed by atoms with E-state index in [1.165, 1.54) is 24.8 Å². The van der Waals surface area contributed by atoms with Crippen LogP contribution in [0.5, 0.6) is 0 Å². The molecule has 3 nitrogen and oxygen atoms in total. The highest BCUT2D eigenvalue weighted by Crippen LogP contribution is 2.28. The highest BCUT2D eigenvalue weighted by molar-refractivity contribution is 5.42. The lowest BCUT2D eigenvalue weighted by Crippen LogP contribution is -2.35. The van der Waals surface area contributed by atoms with Crippen molar-refractivity contribution in [3.05, 3.63) is 23.4 Å². The summed E-state index contributed by atoms with van der Waals surface area (Å²) in [5, 5.41) is 3.55. The summed E-state index contributed by atoms with van der Waals surface area (Å²) in [6, 6.07) is 4.41. The number of nitrogens with zero attached hydrogens (tertiary/aromatic N) is 2. The number of nitrogens with one attached hydrogen (secondary N) is 1. The molecule has 0 amide bonds. The fourth-order valence-electron chi connectivity index (χ4n) is 2.54. The Morgan fingerprint density at radius 1 is 1.30 bits per heavy atom. The number of pyridine rings is 1. The SMILES string of the molecule is Cc1cc(CNC(C)(C)C)cc(N(C)CC2CCC2)n1. The van der Waals surface area contributed by atoms with Gasteiger partial charge in [-0.05, 0) is 64.2 Å². The van der Waals surface area contributed by atoms with Gasteiger partial charge in [-0.3, -0.25) is 0 Å². The van der Waals surface area contributed by atoms with Gasteiger partial charge in [-0.2, -0.15) is 0 Å². The standard InChI is InChI=1S/C17H29N3/c1-13-9-15(11-18-17(2,3)4)10-16(19-13)20(5)12-14-7-6-8-14/h9-10,14,18H,6-8,11-12H2,1-5H3. The number of hydrogen-bond donors (Lipinski definition) is 1. The molecule has 2 rings (SSSR count). The first kappa shape index (κ1) is 15.3. The average molecular weight is 275 g/mol. The third-order valence-electron chi connectivity index (χ3n) is 3.97. The maximum absolute atomic E-state index is 4.69. The molecule has 20 heavy (non-hydrogen) atoms. The van der Waals surface area contributed by atoms with E-state index in [0.29, 0.717) is 0 Å². The van der Waals surface area contributed by atoms with Gasteiger partial charge in [0.1, 0.15) is 5.82 Å². The molecule has 0 atom stereocenters. The molecule has 0 bridgehead atoms. The summed E-state index contributed by atoms with van der Waals surface area (Å²) >= 11 is 0. The van der Waals surface area contributed by atoms with E-state index >= 15 is 0 Å². The third-order valence-corrected chi connectivity index (χ3v) is 3.97. The minimum Gasteiger partial charge on any atom is -0.359 e. The molecule has 1 saturated carbocycles. The Morgan fingerprint density at radius 2 is 2.00 bits per heavy atom. The van der Waals surface area contributed by atoms with E-state index in [9.17, 15) is 0 Å². The van der Waals surface area contributed by atoms with E-state index in [-0.39, 0.29) is 5.54 Å². The number of anilines is 1. The van der Waals surface area contributed by atoms with Gasteiger partial charge >= 0.3 is 0 Å². The first-order valence-electron chi connectivity index (χ1n) is 7.77. The second-order valence-electron chi connectivity index (χ2n) is 7.26. The quantitative estimate of drug-likeness (QED) is 0.891. The normalized spacial score (nSPS) is 16.1. The second kappa shape index (κ2) is 6.13. The summed E-state index contributed by atoms with van der Waals surface area (Å²) in [5.41, 5.74) is 2.58. The van der Waals surface area contributed by atoms with Gasteiger partial charge in [-0.25, -0.2) is 4.98 Å². The lowest BCUT2D eigenvalue weighted by molar-refractivity contribution is 0.321. The second-order valence-corrected chi connectivity index (χ2v) is 7.26. The molecule has 1 aromatic heterocycles. The Labute approximate surface area is 123 Å². The number of hydrogen-bond acceptors (Lipinski definition) is 3. The molecule has 3 heteroatoms. The third kappa shape index (κ3) is 4.48. The van der Waals surface area contributed by atoms with Gasteiger partial charge in [-0.1, -0.05) is 6.42 Å². The van der Waals surface area contributed by atoms with Crippen molar-refractivity contribution < 1.29 is 0 Å². The van der Waals surface area contributed by atoms with Gasteiger partial charge in [0, 0.05) is 31.4 Å². The Morgan fingerprint density at radius 3 is 2.55 bits per heavy atom. The Hall–Kier alpha value is -1.09. The van der Waals surface area contributed by atoms with Crippen molar-refractivity contribution in [1.29, 1.82) is 0 Å². The Bertz CT molecular complexity index is 444. The van der Waals surface area contributed by atoms with Crippen LogP contribution < -0.4 is 10.2 Å². The average Bonchev–Trinajstić information content (AvgIpc) is 2.29. The van der Waals surface area contributed by atoms with Gasteiger partial charge in [-0.15, -0.1) is 0 Å². The zero-order chi connectivity index (χ0) is 14.8. The fraction of sp³-hybridized carbons (Fsp3) is 0.706. The van der Waals surface area contributed by atoms with Crippen LogP contribution >= 0.6 is 0 Å².